The molecule has 0 aliphatic heterocycles. The van der Waals surface area contributed by atoms with Crippen molar-refractivity contribution in [2.24, 2.45) is 0 Å². The summed E-state index contributed by atoms with van der Waals surface area (Å²) in [5.41, 5.74) is 0. The van der Waals surface area contributed by atoms with Crippen LogP contribution >= 0.6 is 0 Å². The predicted molar refractivity (Wildman–Crippen MR) is 90.8 cm³/mol. The number of aliphatic hydroxyl groups excluding tert-OH is 1. The Kier molecular flexibility index (Phi) is 7.04. The average Bonchev–Trinajstić information content (AvgIpc) is 2.55. The summed E-state index contributed by atoms with van der Waals surface area (Å²) in [5.74, 6) is 1.81. The second-order valence-corrected chi connectivity index (χ2v) is 5.51. The van der Waals surface area contributed by atoms with Gasteiger partial charge in [-0.1, -0.05) is 31.9 Å². The number of hydrogen-bond donors (Lipinski definition) is 1. The maximum Gasteiger partial charge on any atom is 0.119 e. The van der Waals surface area contributed by atoms with Crippen molar-refractivity contribution in [2.45, 2.75) is 39.0 Å². The predicted octanol–water partition coefficient (Wildman–Crippen LogP) is 4.56. The van der Waals surface area contributed by atoms with Crippen LogP contribution < -0.4 is 9.47 Å². The Hall–Kier alpha value is -1.74. The van der Waals surface area contributed by atoms with Crippen molar-refractivity contribution in [2.75, 3.05) is 19.8 Å². The highest BCUT2D eigenvalue weighted by molar-refractivity contribution is 5.85. The van der Waals surface area contributed by atoms with E-state index in [0.29, 0.717) is 6.61 Å². The van der Waals surface area contributed by atoms with Crippen molar-refractivity contribution >= 4 is 10.8 Å². The van der Waals surface area contributed by atoms with Crippen LogP contribution in [0.1, 0.15) is 39.0 Å². The van der Waals surface area contributed by atoms with Gasteiger partial charge < -0.3 is 14.6 Å². The van der Waals surface area contributed by atoms with E-state index in [1.807, 2.05) is 12.1 Å². The Bertz CT molecular complexity index is 514. The molecule has 0 saturated carbocycles. The van der Waals surface area contributed by atoms with Crippen LogP contribution in [0.5, 0.6) is 11.5 Å². The highest BCUT2D eigenvalue weighted by Gasteiger charge is 2.01. The Morgan fingerprint density at radius 2 is 1.32 bits per heavy atom. The van der Waals surface area contributed by atoms with Crippen LogP contribution in [0.15, 0.2) is 36.4 Å². The normalized spacial score (nSPS) is 10.8. The third-order valence-electron chi connectivity index (χ3n) is 3.62. The molecule has 1 N–H and O–H groups in total. The largest absolute Gasteiger partial charge is 0.494 e. The second-order valence-electron chi connectivity index (χ2n) is 5.51. The van der Waals surface area contributed by atoms with Gasteiger partial charge in [-0.05, 0) is 54.3 Å². The molecule has 0 spiro atoms. The lowest BCUT2D eigenvalue weighted by molar-refractivity contribution is 0.253. The Morgan fingerprint density at radius 1 is 0.773 bits per heavy atom. The Labute approximate surface area is 132 Å². The third-order valence-corrected chi connectivity index (χ3v) is 3.62. The first-order chi connectivity index (χ1) is 10.8. The van der Waals surface area contributed by atoms with Gasteiger partial charge in [0, 0.05) is 6.61 Å². The van der Waals surface area contributed by atoms with Crippen molar-refractivity contribution in [3.8, 4) is 11.5 Å². The Balaban J connectivity index is 1.93. The van der Waals surface area contributed by atoms with E-state index in [0.717, 1.165) is 48.1 Å². The maximum atomic E-state index is 8.75. The van der Waals surface area contributed by atoms with Gasteiger partial charge in [0.2, 0.25) is 0 Å². The van der Waals surface area contributed by atoms with E-state index < -0.39 is 0 Å². The lowest BCUT2D eigenvalue weighted by Gasteiger charge is -2.09. The first-order valence-electron chi connectivity index (χ1n) is 8.24. The lowest BCUT2D eigenvalue weighted by Crippen LogP contribution is -1.98. The molecule has 120 valence electrons. The summed E-state index contributed by atoms with van der Waals surface area (Å²) in [6, 6.07) is 12.3. The van der Waals surface area contributed by atoms with E-state index in [1.54, 1.807) is 0 Å². The summed E-state index contributed by atoms with van der Waals surface area (Å²) in [6.45, 7) is 3.84. The van der Waals surface area contributed by atoms with Gasteiger partial charge in [-0.25, -0.2) is 0 Å². The molecule has 0 saturated heterocycles. The van der Waals surface area contributed by atoms with Gasteiger partial charge in [-0.2, -0.15) is 0 Å². The average molecular weight is 302 g/mol. The SMILES string of the molecule is CCCCCOc1ccc2cc(OCCCCO)ccc2c1. The minimum Gasteiger partial charge on any atom is -0.494 e. The zero-order valence-electron chi connectivity index (χ0n) is 13.4. The van der Waals surface area contributed by atoms with Crippen LogP contribution in [0.25, 0.3) is 10.8 Å². The molecular weight excluding hydrogens is 276 g/mol. The zero-order valence-corrected chi connectivity index (χ0v) is 13.4. The van der Waals surface area contributed by atoms with E-state index in [1.165, 1.54) is 12.8 Å². The number of fused-ring (bicyclic) bond motifs is 1. The summed E-state index contributed by atoms with van der Waals surface area (Å²) in [4.78, 5) is 0. The molecule has 0 unspecified atom stereocenters. The standard InChI is InChI=1S/C19H26O3/c1-2-3-5-12-21-18-9-7-17-15-19(10-8-16(17)14-18)22-13-6-4-11-20/h7-10,14-15,20H,2-6,11-13H2,1H3. The summed E-state index contributed by atoms with van der Waals surface area (Å²) in [5, 5.41) is 11.1. The molecule has 0 aliphatic rings. The molecule has 0 amide bonds. The second kappa shape index (κ2) is 9.31. The van der Waals surface area contributed by atoms with Crippen LogP contribution in [-0.2, 0) is 0 Å². The number of unbranched alkanes of at least 4 members (excludes halogenated alkanes) is 3. The summed E-state index contributed by atoms with van der Waals surface area (Å²) in [6.07, 6.45) is 5.19. The molecule has 0 aromatic heterocycles. The van der Waals surface area contributed by atoms with Gasteiger partial charge in [0.1, 0.15) is 11.5 Å². The molecule has 3 heteroatoms. The van der Waals surface area contributed by atoms with E-state index in [4.69, 9.17) is 14.6 Å². The van der Waals surface area contributed by atoms with E-state index >= 15 is 0 Å². The van der Waals surface area contributed by atoms with Crippen LogP contribution in [0.3, 0.4) is 0 Å². The minimum absolute atomic E-state index is 0.224. The molecule has 3 nitrogen and oxygen atoms in total. The van der Waals surface area contributed by atoms with Crippen molar-refractivity contribution in [3.63, 3.8) is 0 Å². The summed E-state index contributed by atoms with van der Waals surface area (Å²) in [7, 11) is 0. The highest BCUT2D eigenvalue weighted by Crippen LogP contribution is 2.25. The van der Waals surface area contributed by atoms with Crippen LogP contribution in [0.4, 0.5) is 0 Å². The fraction of sp³-hybridized carbons (Fsp3) is 0.474. The van der Waals surface area contributed by atoms with Crippen LogP contribution in [-0.4, -0.2) is 24.9 Å². The van der Waals surface area contributed by atoms with Gasteiger partial charge in [-0.3, -0.25) is 0 Å². The number of ether oxygens (including phenoxy) is 2. The van der Waals surface area contributed by atoms with Gasteiger partial charge >= 0.3 is 0 Å². The van der Waals surface area contributed by atoms with Crippen LogP contribution in [0, 0.1) is 0 Å². The van der Waals surface area contributed by atoms with Crippen molar-refractivity contribution in [3.05, 3.63) is 36.4 Å². The molecule has 2 aromatic rings. The van der Waals surface area contributed by atoms with Crippen molar-refractivity contribution in [1.29, 1.82) is 0 Å². The third kappa shape index (κ3) is 5.23. The number of hydrogen-bond acceptors (Lipinski definition) is 3. The minimum atomic E-state index is 0.224. The molecule has 0 heterocycles. The van der Waals surface area contributed by atoms with Crippen molar-refractivity contribution < 1.29 is 14.6 Å². The smallest absolute Gasteiger partial charge is 0.119 e. The van der Waals surface area contributed by atoms with Gasteiger partial charge in [0.05, 0.1) is 13.2 Å². The topological polar surface area (TPSA) is 38.7 Å². The van der Waals surface area contributed by atoms with E-state index in [2.05, 4.69) is 31.2 Å². The fourth-order valence-electron chi connectivity index (χ4n) is 2.33. The monoisotopic (exact) mass is 302 g/mol. The quantitative estimate of drug-likeness (QED) is 0.654. The Morgan fingerprint density at radius 3 is 1.82 bits per heavy atom. The van der Waals surface area contributed by atoms with E-state index in [9.17, 15) is 0 Å². The molecule has 0 fully saturated rings. The maximum absolute atomic E-state index is 8.75. The first-order valence-corrected chi connectivity index (χ1v) is 8.24. The lowest BCUT2D eigenvalue weighted by atomic mass is 10.1. The molecule has 0 atom stereocenters. The number of rotatable bonds is 10. The highest BCUT2D eigenvalue weighted by atomic mass is 16.5. The van der Waals surface area contributed by atoms with E-state index in [-0.39, 0.29) is 6.61 Å². The van der Waals surface area contributed by atoms with Crippen molar-refractivity contribution in [1.82, 2.24) is 0 Å². The molecular formula is C19H26O3. The van der Waals surface area contributed by atoms with Crippen LogP contribution in [0.2, 0.25) is 0 Å². The summed E-state index contributed by atoms with van der Waals surface area (Å²) >= 11 is 0. The van der Waals surface area contributed by atoms with Gasteiger partial charge in [0.15, 0.2) is 0 Å². The number of benzene rings is 2. The molecule has 0 bridgehead atoms. The zero-order chi connectivity index (χ0) is 15.6. The first kappa shape index (κ1) is 16.6. The molecule has 22 heavy (non-hydrogen) atoms. The molecule has 2 aromatic carbocycles. The van der Waals surface area contributed by atoms with Gasteiger partial charge in [-0.15, -0.1) is 0 Å². The van der Waals surface area contributed by atoms with Gasteiger partial charge in [0.25, 0.3) is 0 Å². The molecule has 0 aliphatic carbocycles. The number of aliphatic hydroxyl groups is 1. The molecule has 2 rings (SSSR count). The molecule has 0 radical (unpaired) electrons. The fourth-order valence-corrected chi connectivity index (χ4v) is 2.33. The summed E-state index contributed by atoms with van der Waals surface area (Å²) < 4.78 is 11.5.